The zero-order chi connectivity index (χ0) is 59.3. The quantitative estimate of drug-likeness (QED) is 0.159. The van der Waals surface area contributed by atoms with Gasteiger partial charge in [0.05, 0.1) is 0 Å². The molecule has 6 heteroatoms. The standard InChI is InChI=1S/2C25H42.C25H40.I3.I2.HI/c3*1-7-17(2)23-12-13-24-22(9-8-14-25(23,24)6)11-10-21-15-18(3)20(5)19(4)16-21;1-3-2;1-2;/h2*10-11,17-20,23-24H,7-9,12-16H2,1-6H3;10-11,17-19,23-24H,5,7-9,12-16H2,1-4,6H3;;;1H/q;;;-1;;/b2*21-10?,22-11+;22-11+;;;/t2*17-,18+,19+,20?,23?,24-,25+;17-,18+,19+,23?,24-,25+;;;/m000.../s1. The fourth-order valence-corrected chi connectivity index (χ4v) is 19.9. The Morgan fingerprint density at radius 2 is 0.704 bits per heavy atom. The third kappa shape index (κ3) is 19.1. The van der Waals surface area contributed by atoms with Gasteiger partial charge < -0.3 is 0 Å². The summed E-state index contributed by atoms with van der Waals surface area (Å²) in [5.74, 6) is 14.6. The molecule has 0 bridgehead atoms. The molecule has 468 valence electrons. The molecule has 0 radical (unpaired) electrons. The van der Waals surface area contributed by atoms with Crippen molar-refractivity contribution in [2.75, 3.05) is 0 Å². The topological polar surface area (TPSA) is 0 Å². The van der Waals surface area contributed by atoms with Crippen molar-refractivity contribution in [3.05, 3.63) is 82.0 Å². The Kier molecular flexibility index (Phi) is 33.8. The van der Waals surface area contributed by atoms with Crippen molar-refractivity contribution in [1.29, 1.82) is 0 Å². The fourth-order valence-electron chi connectivity index (χ4n) is 19.9. The number of hydrogen-bond acceptors (Lipinski definition) is 0. The summed E-state index contributed by atoms with van der Waals surface area (Å²) in [6.07, 6.45) is 48.6. The molecule has 3 unspecified atom stereocenters. The Labute approximate surface area is 575 Å². The molecule has 0 amide bonds. The van der Waals surface area contributed by atoms with Crippen LogP contribution in [0.15, 0.2) is 82.0 Å². The molecule has 9 rings (SSSR count). The van der Waals surface area contributed by atoms with Gasteiger partial charge in [-0.05, 0) is 252 Å². The molecular formula is C75H125I6-. The van der Waals surface area contributed by atoms with E-state index in [-0.39, 0.29) is 24.0 Å². The molecule has 18 atom stereocenters. The van der Waals surface area contributed by atoms with Gasteiger partial charge in [0.25, 0.3) is 0 Å². The van der Waals surface area contributed by atoms with Crippen LogP contribution in [0.4, 0.5) is 0 Å². The van der Waals surface area contributed by atoms with Gasteiger partial charge in [-0.1, -0.05) is 219 Å². The summed E-state index contributed by atoms with van der Waals surface area (Å²) in [6, 6.07) is 0. The molecule has 0 spiro atoms. The summed E-state index contributed by atoms with van der Waals surface area (Å²) in [7, 11) is 0. The fraction of sp³-hybridized carbons (Fsp3) is 0.813. The van der Waals surface area contributed by atoms with Crippen LogP contribution < -0.4 is 13.3 Å². The molecule has 9 aliphatic rings. The predicted octanol–water partition coefficient (Wildman–Crippen LogP) is 24.5. The predicted molar refractivity (Wildman–Crippen MR) is 403 cm³/mol. The molecule has 9 aliphatic carbocycles. The minimum absolute atomic E-state index is 0. The van der Waals surface area contributed by atoms with E-state index in [9.17, 15) is 0 Å². The number of hydrogen-bond donors (Lipinski definition) is 0. The average Bonchev–Trinajstić information content (AvgIpc) is 4.22. The van der Waals surface area contributed by atoms with Crippen molar-refractivity contribution in [2.24, 2.45) is 117 Å². The zero-order valence-electron chi connectivity index (χ0n) is 55.3. The van der Waals surface area contributed by atoms with E-state index < -0.39 is 0 Å². The van der Waals surface area contributed by atoms with Gasteiger partial charge in [0, 0.05) is 37.2 Å². The van der Waals surface area contributed by atoms with Crippen molar-refractivity contribution in [3.8, 4) is 0 Å². The van der Waals surface area contributed by atoms with Gasteiger partial charge in [0.15, 0.2) is 0 Å². The Balaban J connectivity index is 0.000000249. The van der Waals surface area contributed by atoms with E-state index in [2.05, 4.69) is 235 Å². The number of rotatable bonds is 9. The van der Waals surface area contributed by atoms with Crippen LogP contribution in [0.1, 0.15) is 272 Å². The molecule has 0 aromatic heterocycles. The van der Waals surface area contributed by atoms with Gasteiger partial charge in [-0.2, -0.15) is 0 Å². The first-order chi connectivity index (χ1) is 38.0. The zero-order valence-corrected chi connectivity index (χ0v) is 68.4. The van der Waals surface area contributed by atoms with Crippen LogP contribution in [-0.4, -0.2) is 0 Å². The summed E-state index contributed by atoms with van der Waals surface area (Å²) in [4.78, 5) is 0. The van der Waals surface area contributed by atoms with Crippen molar-refractivity contribution >= 4 is 98.4 Å². The molecule has 9 fully saturated rings. The van der Waals surface area contributed by atoms with E-state index in [1.807, 2.05) is 0 Å². The maximum atomic E-state index is 4.30. The summed E-state index contributed by atoms with van der Waals surface area (Å²) in [5, 5.41) is 0. The Morgan fingerprint density at radius 3 is 0.951 bits per heavy atom. The molecule has 9 saturated carbocycles. The van der Waals surface area contributed by atoms with E-state index >= 15 is 0 Å². The van der Waals surface area contributed by atoms with E-state index in [1.54, 1.807) is 33.4 Å². The molecule has 0 saturated heterocycles. The van der Waals surface area contributed by atoms with Gasteiger partial charge in [0.2, 0.25) is 0 Å². The SMILES string of the molecule is C=C1[C@H](C)CC(=C/C=C2\CCC[C@]3(C)C([C@@H](C)CC)CC[C@@H]23)C[C@H]1C.CC[C@H](C)C1CC[C@H]2/C(=C/C=C3C[C@@H](C)C(C)[C@H](C)C3)CCC[C@]12C.CC[C@H](C)C1CC[C@H]2/C(=C/C=C3C[C@@H](C)C(C)[C@H](C)C3)CCC[C@]12C.I.II.I[I-]I. The summed E-state index contributed by atoms with van der Waals surface area (Å²) in [6.45, 7) is 46.3. The molecule has 0 N–H and O–H groups in total. The summed E-state index contributed by atoms with van der Waals surface area (Å²) >= 11 is 9.54. The van der Waals surface area contributed by atoms with E-state index in [4.69, 9.17) is 0 Å². The molecule has 81 heavy (non-hydrogen) atoms. The van der Waals surface area contributed by atoms with Crippen LogP contribution in [0, 0.1) is 117 Å². The van der Waals surface area contributed by atoms with E-state index in [0.29, 0.717) is 41.3 Å². The second-order valence-electron chi connectivity index (χ2n) is 30.4. The third-order valence-corrected chi connectivity index (χ3v) is 26.0. The second kappa shape index (κ2) is 36.0. The van der Waals surface area contributed by atoms with Crippen molar-refractivity contribution < 1.29 is 13.3 Å². The molecule has 0 aromatic rings. The average molecular weight is 1790 g/mol. The molecule has 0 aromatic carbocycles. The summed E-state index contributed by atoms with van der Waals surface area (Å²) < 4.78 is 0. The van der Waals surface area contributed by atoms with Crippen LogP contribution >= 0.6 is 98.4 Å². The molecular weight excluding hydrogens is 1660 g/mol. The van der Waals surface area contributed by atoms with Gasteiger partial charge in [-0.15, -0.1) is 24.0 Å². The van der Waals surface area contributed by atoms with E-state index in [0.717, 1.165) is 88.8 Å². The van der Waals surface area contributed by atoms with Gasteiger partial charge in [-0.25, -0.2) is 0 Å². The minimum atomic E-state index is 0. The maximum absolute atomic E-state index is 4.30. The number of fused-ring (bicyclic) bond motifs is 3. The van der Waals surface area contributed by atoms with Crippen molar-refractivity contribution in [3.63, 3.8) is 0 Å². The van der Waals surface area contributed by atoms with E-state index in [1.165, 1.54) is 160 Å². The van der Waals surface area contributed by atoms with Crippen molar-refractivity contribution in [1.82, 2.24) is 0 Å². The first-order valence-corrected chi connectivity index (χ1v) is 52.7. The molecule has 0 nitrogen and oxygen atoms in total. The third-order valence-electron chi connectivity index (χ3n) is 26.0. The van der Waals surface area contributed by atoms with Crippen molar-refractivity contribution in [2.45, 2.75) is 272 Å². The second-order valence-corrected chi connectivity index (χ2v) is 46.7. The van der Waals surface area contributed by atoms with Crippen LogP contribution in [0.3, 0.4) is 0 Å². The van der Waals surface area contributed by atoms with Gasteiger partial charge in [0.1, 0.15) is 0 Å². The van der Waals surface area contributed by atoms with Crippen LogP contribution in [0.25, 0.3) is 0 Å². The summed E-state index contributed by atoms with van der Waals surface area (Å²) in [5.41, 5.74) is 13.7. The van der Waals surface area contributed by atoms with Gasteiger partial charge in [-0.3, -0.25) is 0 Å². The first-order valence-electron chi connectivity index (χ1n) is 33.9. The Hall–Kier alpha value is 2.56. The van der Waals surface area contributed by atoms with Crippen LogP contribution in [-0.2, 0) is 0 Å². The monoisotopic (exact) mass is 1790 g/mol. The van der Waals surface area contributed by atoms with Crippen LogP contribution in [0.2, 0.25) is 0 Å². The van der Waals surface area contributed by atoms with Crippen LogP contribution in [0.5, 0.6) is 0 Å². The number of allylic oxidation sites excluding steroid dienone is 13. The number of halogens is 6. The normalized spacial score (nSPS) is 40.8. The van der Waals surface area contributed by atoms with Gasteiger partial charge >= 0.3 is 50.5 Å². The Bertz CT molecular complexity index is 1980. The molecule has 0 heterocycles. The molecule has 0 aliphatic heterocycles. The first kappa shape index (κ1) is 76.0. The Morgan fingerprint density at radius 1 is 0.457 bits per heavy atom.